The van der Waals surface area contributed by atoms with Gasteiger partial charge in [-0.25, -0.2) is 0 Å². The van der Waals surface area contributed by atoms with E-state index < -0.39 is 45.7 Å². The summed E-state index contributed by atoms with van der Waals surface area (Å²) in [6.45, 7) is -0.551. The number of nitro benzene ring substituents is 2. The lowest BCUT2D eigenvalue weighted by atomic mass is 10.0. The van der Waals surface area contributed by atoms with Gasteiger partial charge < -0.3 is 15.3 Å². The highest BCUT2D eigenvalue weighted by Crippen LogP contribution is 2.33. The van der Waals surface area contributed by atoms with Gasteiger partial charge in [0.1, 0.15) is 12.1 Å². The van der Waals surface area contributed by atoms with Crippen molar-refractivity contribution in [1.82, 2.24) is 0 Å². The SMILES string of the molecule is O=[N+]([O-])c1cc(C=N[C@@H](CO)[C@@H](O)c2ccccc2)c(O)c([N+](=O)[O-])c1. The third kappa shape index (κ3) is 4.18. The van der Waals surface area contributed by atoms with Crippen molar-refractivity contribution in [2.75, 3.05) is 6.61 Å². The lowest BCUT2D eigenvalue weighted by Crippen LogP contribution is -2.21. The van der Waals surface area contributed by atoms with Crippen molar-refractivity contribution in [3.63, 3.8) is 0 Å². The monoisotopic (exact) mass is 361 g/mol. The summed E-state index contributed by atoms with van der Waals surface area (Å²) in [4.78, 5) is 24.0. The summed E-state index contributed by atoms with van der Waals surface area (Å²) in [7, 11) is 0. The molecule has 0 radical (unpaired) electrons. The molecule has 10 heteroatoms. The van der Waals surface area contributed by atoms with Crippen LogP contribution in [0.1, 0.15) is 17.2 Å². The molecule has 0 amide bonds. The molecule has 0 spiro atoms. The lowest BCUT2D eigenvalue weighted by molar-refractivity contribution is -0.394. The van der Waals surface area contributed by atoms with Gasteiger partial charge in [0.2, 0.25) is 5.75 Å². The molecule has 0 bridgehead atoms. The molecule has 2 rings (SSSR count). The first-order chi connectivity index (χ1) is 12.3. The molecule has 0 unspecified atom stereocenters. The van der Waals surface area contributed by atoms with E-state index in [2.05, 4.69) is 4.99 Å². The second-order valence-electron chi connectivity index (χ2n) is 5.30. The van der Waals surface area contributed by atoms with Gasteiger partial charge in [-0.15, -0.1) is 0 Å². The van der Waals surface area contributed by atoms with Crippen LogP contribution in [-0.4, -0.2) is 44.0 Å². The highest BCUT2D eigenvalue weighted by atomic mass is 16.6. The van der Waals surface area contributed by atoms with Gasteiger partial charge in [-0.2, -0.15) is 0 Å². The van der Waals surface area contributed by atoms with E-state index >= 15 is 0 Å². The number of hydrogen-bond acceptors (Lipinski definition) is 8. The van der Waals surface area contributed by atoms with Gasteiger partial charge in [0.25, 0.3) is 5.69 Å². The quantitative estimate of drug-likeness (QED) is 0.384. The molecule has 0 aliphatic carbocycles. The zero-order valence-electron chi connectivity index (χ0n) is 13.3. The molecular weight excluding hydrogens is 346 g/mol. The van der Waals surface area contributed by atoms with Crippen molar-refractivity contribution in [2.24, 2.45) is 4.99 Å². The van der Waals surface area contributed by atoms with Gasteiger partial charge in [-0.1, -0.05) is 30.3 Å². The molecule has 26 heavy (non-hydrogen) atoms. The summed E-state index contributed by atoms with van der Waals surface area (Å²) in [5.74, 6) is -0.796. The second kappa shape index (κ2) is 8.14. The summed E-state index contributed by atoms with van der Waals surface area (Å²) >= 11 is 0. The second-order valence-corrected chi connectivity index (χ2v) is 5.30. The smallest absolute Gasteiger partial charge is 0.318 e. The Bertz CT molecular complexity index is 839. The third-order valence-electron chi connectivity index (χ3n) is 3.61. The summed E-state index contributed by atoms with van der Waals surface area (Å²) in [5, 5.41) is 51.5. The maximum absolute atomic E-state index is 10.9. The Labute approximate surface area is 147 Å². The minimum absolute atomic E-state index is 0.274. The Morgan fingerprint density at radius 1 is 1.12 bits per heavy atom. The van der Waals surface area contributed by atoms with Gasteiger partial charge >= 0.3 is 5.69 Å². The zero-order chi connectivity index (χ0) is 19.3. The van der Waals surface area contributed by atoms with E-state index in [0.29, 0.717) is 11.6 Å². The Morgan fingerprint density at radius 3 is 2.31 bits per heavy atom. The number of phenols is 1. The molecule has 2 aromatic rings. The lowest BCUT2D eigenvalue weighted by Gasteiger charge is -2.17. The Balaban J connectivity index is 2.38. The van der Waals surface area contributed by atoms with Gasteiger partial charge in [-0.05, 0) is 5.56 Å². The summed E-state index contributed by atoms with van der Waals surface area (Å²) in [6.07, 6.45) is -0.226. The van der Waals surface area contributed by atoms with E-state index in [1.807, 2.05) is 0 Å². The number of rotatable bonds is 7. The number of nitrogens with zero attached hydrogens (tertiary/aromatic N) is 3. The first kappa shape index (κ1) is 19.0. The highest BCUT2D eigenvalue weighted by Gasteiger charge is 2.24. The van der Waals surface area contributed by atoms with E-state index in [1.54, 1.807) is 30.3 Å². The third-order valence-corrected chi connectivity index (χ3v) is 3.61. The normalized spacial score (nSPS) is 13.5. The molecule has 0 aromatic heterocycles. The van der Waals surface area contributed by atoms with E-state index in [-0.39, 0.29) is 5.56 Å². The molecule has 10 nitrogen and oxygen atoms in total. The number of aliphatic hydroxyl groups excluding tert-OH is 2. The fraction of sp³-hybridized carbons (Fsp3) is 0.188. The molecule has 2 aromatic carbocycles. The number of non-ortho nitro benzene ring substituents is 1. The van der Waals surface area contributed by atoms with Crippen molar-refractivity contribution >= 4 is 17.6 Å². The van der Waals surface area contributed by atoms with Crippen LogP contribution in [0.2, 0.25) is 0 Å². The first-order valence-electron chi connectivity index (χ1n) is 7.38. The van der Waals surface area contributed by atoms with E-state index in [4.69, 9.17) is 0 Å². The fourth-order valence-electron chi connectivity index (χ4n) is 2.25. The van der Waals surface area contributed by atoms with Crippen LogP contribution in [0.5, 0.6) is 5.75 Å². The minimum Gasteiger partial charge on any atom is -0.502 e. The molecule has 136 valence electrons. The molecule has 2 atom stereocenters. The molecule has 0 aliphatic rings. The minimum atomic E-state index is -1.17. The van der Waals surface area contributed by atoms with E-state index in [0.717, 1.165) is 12.3 Å². The number of aliphatic hydroxyl groups is 2. The number of aliphatic imine (C=N–C) groups is 1. The largest absolute Gasteiger partial charge is 0.502 e. The number of hydrogen-bond donors (Lipinski definition) is 3. The van der Waals surface area contributed by atoms with Crippen molar-refractivity contribution in [2.45, 2.75) is 12.1 Å². The zero-order valence-corrected chi connectivity index (χ0v) is 13.3. The average Bonchev–Trinajstić information content (AvgIpc) is 2.63. The number of benzene rings is 2. The average molecular weight is 361 g/mol. The molecular formula is C16H15N3O7. The van der Waals surface area contributed by atoms with Crippen molar-refractivity contribution < 1.29 is 25.2 Å². The predicted octanol–water partition coefficient (Wildman–Crippen LogP) is 1.72. The predicted molar refractivity (Wildman–Crippen MR) is 91.3 cm³/mol. The van der Waals surface area contributed by atoms with Gasteiger partial charge in [0.05, 0.1) is 22.5 Å². The summed E-state index contributed by atoms with van der Waals surface area (Å²) < 4.78 is 0. The van der Waals surface area contributed by atoms with Crippen LogP contribution in [0, 0.1) is 20.2 Å². The Hall–Kier alpha value is -3.37. The number of aromatic hydroxyl groups is 1. The van der Waals surface area contributed by atoms with Crippen LogP contribution in [0.25, 0.3) is 0 Å². The maximum atomic E-state index is 10.9. The number of phenolic OH excluding ortho intramolecular Hbond substituents is 1. The first-order valence-corrected chi connectivity index (χ1v) is 7.38. The Morgan fingerprint density at radius 2 is 1.77 bits per heavy atom. The van der Waals surface area contributed by atoms with Crippen LogP contribution < -0.4 is 0 Å². The van der Waals surface area contributed by atoms with Crippen LogP contribution in [0.15, 0.2) is 47.5 Å². The Kier molecular flexibility index (Phi) is 5.94. The molecule has 0 fully saturated rings. The molecule has 0 saturated carbocycles. The summed E-state index contributed by atoms with van der Waals surface area (Å²) in [6, 6.07) is 8.88. The topological polar surface area (TPSA) is 159 Å². The van der Waals surface area contributed by atoms with Crippen LogP contribution in [0.4, 0.5) is 11.4 Å². The number of nitro groups is 2. The fourth-order valence-corrected chi connectivity index (χ4v) is 2.25. The van der Waals surface area contributed by atoms with Crippen molar-refractivity contribution in [3.8, 4) is 5.75 Å². The standard InChI is InChI=1S/C16H15N3O7/c20-9-13(15(21)10-4-2-1-3-5-10)17-8-11-6-12(18(23)24)7-14(16(11)22)19(25)26/h1-8,13,15,20-22H,9H2/t13-,15-/m0/s1. The maximum Gasteiger partial charge on any atom is 0.318 e. The molecule has 0 heterocycles. The van der Waals surface area contributed by atoms with Crippen LogP contribution >= 0.6 is 0 Å². The van der Waals surface area contributed by atoms with Gasteiger partial charge in [0.15, 0.2) is 0 Å². The highest BCUT2D eigenvalue weighted by molar-refractivity contribution is 5.87. The van der Waals surface area contributed by atoms with Crippen LogP contribution in [0.3, 0.4) is 0 Å². The van der Waals surface area contributed by atoms with Crippen molar-refractivity contribution in [3.05, 3.63) is 73.8 Å². The van der Waals surface area contributed by atoms with Crippen molar-refractivity contribution in [1.29, 1.82) is 0 Å². The van der Waals surface area contributed by atoms with E-state index in [1.165, 1.54) is 0 Å². The van der Waals surface area contributed by atoms with E-state index in [9.17, 15) is 35.5 Å². The van der Waals surface area contributed by atoms with Crippen LogP contribution in [-0.2, 0) is 0 Å². The molecule has 0 aliphatic heterocycles. The molecule has 0 saturated heterocycles. The van der Waals surface area contributed by atoms with Gasteiger partial charge in [-0.3, -0.25) is 25.2 Å². The van der Waals surface area contributed by atoms with Gasteiger partial charge in [0, 0.05) is 17.8 Å². The summed E-state index contributed by atoms with van der Waals surface area (Å²) in [5.41, 5.74) is -1.23. The molecule has 3 N–H and O–H groups in total.